The second kappa shape index (κ2) is 7.14. The summed E-state index contributed by atoms with van der Waals surface area (Å²) in [5, 5.41) is 19.6. The monoisotopic (exact) mass is 346 g/mol. The first-order valence-electron chi connectivity index (χ1n) is 8.36. The van der Waals surface area contributed by atoms with Crippen LogP contribution in [0, 0.1) is 0 Å². The summed E-state index contributed by atoms with van der Waals surface area (Å²) in [6, 6.07) is 4.74. The van der Waals surface area contributed by atoms with E-state index in [-0.39, 0.29) is 6.42 Å². The van der Waals surface area contributed by atoms with Crippen molar-refractivity contribution in [3.05, 3.63) is 30.0 Å². The lowest BCUT2D eigenvalue weighted by atomic mass is 10.0. The van der Waals surface area contributed by atoms with Gasteiger partial charge in [0.05, 0.1) is 13.5 Å². The highest BCUT2D eigenvalue weighted by Crippen LogP contribution is 2.34. The van der Waals surface area contributed by atoms with Gasteiger partial charge in [-0.2, -0.15) is 0 Å². The molecule has 0 saturated carbocycles. The SMILES string of the molecule is COc1ccc2c(c1)c([C@@H](C(=O)O)N1CCCC1)cn2CCC(=O)O. The fourth-order valence-electron chi connectivity index (χ4n) is 3.54. The molecule has 0 radical (unpaired) electrons. The topological polar surface area (TPSA) is 92.0 Å². The number of methoxy groups -OCH3 is 1. The number of nitrogens with zero attached hydrogens (tertiary/aromatic N) is 2. The number of likely N-dealkylation sites (tertiary alicyclic amines) is 1. The molecule has 0 amide bonds. The van der Waals surface area contributed by atoms with Crippen molar-refractivity contribution in [2.24, 2.45) is 0 Å². The Kier molecular flexibility index (Phi) is 4.94. The second-order valence-electron chi connectivity index (χ2n) is 6.29. The summed E-state index contributed by atoms with van der Waals surface area (Å²) in [6.07, 6.45) is 3.75. The Morgan fingerprint density at radius 2 is 1.96 bits per heavy atom. The number of hydrogen-bond acceptors (Lipinski definition) is 4. The lowest BCUT2D eigenvalue weighted by Gasteiger charge is -2.23. The van der Waals surface area contributed by atoms with Crippen LogP contribution in [0.25, 0.3) is 10.9 Å². The molecule has 1 aliphatic heterocycles. The van der Waals surface area contributed by atoms with Gasteiger partial charge in [-0.1, -0.05) is 0 Å². The predicted molar refractivity (Wildman–Crippen MR) is 91.9 cm³/mol. The van der Waals surface area contributed by atoms with Crippen LogP contribution in [0.15, 0.2) is 24.4 Å². The van der Waals surface area contributed by atoms with Gasteiger partial charge in [0.25, 0.3) is 0 Å². The fraction of sp³-hybridized carbons (Fsp3) is 0.444. The third-order valence-electron chi connectivity index (χ3n) is 4.72. The molecule has 0 aliphatic carbocycles. The number of carboxylic acid groups (broad SMARTS) is 2. The van der Waals surface area contributed by atoms with Crippen molar-refractivity contribution in [3.63, 3.8) is 0 Å². The molecule has 1 saturated heterocycles. The molecule has 1 atom stereocenters. The zero-order valence-electron chi connectivity index (χ0n) is 14.1. The van der Waals surface area contributed by atoms with Crippen molar-refractivity contribution in [1.82, 2.24) is 9.47 Å². The molecular formula is C18H22N2O5. The summed E-state index contributed by atoms with van der Waals surface area (Å²) in [6.45, 7) is 1.80. The van der Waals surface area contributed by atoms with E-state index in [9.17, 15) is 14.7 Å². The summed E-state index contributed by atoms with van der Waals surface area (Å²) in [5.41, 5.74) is 1.51. The summed E-state index contributed by atoms with van der Waals surface area (Å²) in [4.78, 5) is 24.9. The lowest BCUT2D eigenvalue weighted by molar-refractivity contribution is -0.143. The number of ether oxygens (including phenoxy) is 1. The Hall–Kier alpha value is -2.54. The summed E-state index contributed by atoms with van der Waals surface area (Å²) in [5.74, 6) is -1.12. The molecule has 2 heterocycles. The van der Waals surface area contributed by atoms with E-state index in [1.807, 2.05) is 21.6 Å². The minimum absolute atomic E-state index is 0.0172. The average Bonchev–Trinajstić information content (AvgIpc) is 3.21. The summed E-state index contributed by atoms with van der Waals surface area (Å²) in [7, 11) is 1.57. The van der Waals surface area contributed by atoms with Gasteiger partial charge in [-0.25, -0.2) is 0 Å². The number of carboxylic acids is 2. The van der Waals surface area contributed by atoms with E-state index in [1.54, 1.807) is 19.4 Å². The molecular weight excluding hydrogens is 324 g/mol. The molecule has 1 fully saturated rings. The normalized spacial score (nSPS) is 16.2. The van der Waals surface area contributed by atoms with E-state index in [0.29, 0.717) is 17.9 Å². The van der Waals surface area contributed by atoms with Crippen molar-refractivity contribution >= 4 is 22.8 Å². The van der Waals surface area contributed by atoms with E-state index in [1.165, 1.54) is 0 Å². The highest BCUT2D eigenvalue weighted by atomic mass is 16.5. The van der Waals surface area contributed by atoms with Gasteiger partial charge in [-0.3, -0.25) is 14.5 Å². The Morgan fingerprint density at radius 3 is 2.56 bits per heavy atom. The maximum Gasteiger partial charge on any atom is 0.325 e. The second-order valence-corrected chi connectivity index (χ2v) is 6.29. The van der Waals surface area contributed by atoms with E-state index >= 15 is 0 Å². The van der Waals surface area contributed by atoms with Crippen LogP contribution in [-0.2, 0) is 16.1 Å². The van der Waals surface area contributed by atoms with Crippen molar-refractivity contribution in [3.8, 4) is 5.75 Å². The Morgan fingerprint density at radius 1 is 1.24 bits per heavy atom. The van der Waals surface area contributed by atoms with E-state index in [4.69, 9.17) is 9.84 Å². The number of rotatable bonds is 7. The van der Waals surface area contributed by atoms with Gasteiger partial charge in [0.2, 0.25) is 0 Å². The number of benzene rings is 1. The molecule has 7 heteroatoms. The molecule has 2 N–H and O–H groups in total. The molecule has 0 bridgehead atoms. The molecule has 0 unspecified atom stereocenters. The molecule has 3 rings (SSSR count). The van der Waals surface area contributed by atoms with Crippen LogP contribution in [0.1, 0.15) is 30.9 Å². The zero-order valence-corrected chi connectivity index (χ0v) is 14.1. The van der Waals surface area contributed by atoms with Crippen LogP contribution in [0.5, 0.6) is 5.75 Å². The van der Waals surface area contributed by atoms with Gasteiger partial charge in [-0.15, -0.1) is 0 Å². The molecule has 1 aliphatic rings. The van der Waals surface area contributed by atoms with Crippen molar-refractivity contribution in [1.29, 1.82) is 0 Å². The van der Waals surface area contributed by atoms with Gasteiger partial charge in [0.15, 0.2) is 0 Å². The molecule has 134 valence electrons. The smallest absolute Gasteiger partial charge is 0.325 e. The summed E-state index contributed by atoms with van der Waals surface area (Å²) < 4.78 is 7.11. The number of aliphatic carboxylic acids is 2. The van der Waals surface area contributed by atoms with Crippen LogP contribution in [-0.4, -0.2) is 51.8 Å². The largest absolute Gasteiger partial charge is 0.497 e. The molecule has 7 nitrogen and oxygen atoms in total. The van der Waals surface area contributed by atoms with Gasteiger partial charge >= 0.3 is 11.9 Å². The maximum atomic E-state index is 12.0. The Balaban J connectivity index is 2.10. The number of hydrogen-bond donors (Lipinski definition) is 2. The van der Waals surface area contributed by atoms with Crippen LogP contribution >= 0.6 is 0 Å². The van der Waals surface area contributed by atoms with E-state index in [0.717, 1.165) is 36.8 Å². The first-order chi connectivity index (χ1) is 12.0. The summed E-state index contributed by atoms with van der Waals surface area (Å²) >= 11 is 0. The number of aryl methyl sites for hydroxylation is 1. The third-order valence-corrected chi connectivity index (χ3v) is 4.72. The van der Waals surface area contributed by atoms with Crippen LogP contribution in [0.3, 0.4) is 0 Å². The van der Waals surface area contributed by atoms with Gasteiger partial charge in [0.1, 0.15) is 11.8 Å². The van der Waals surface area contributed by atoms with Gasteiger partial charge in [0, 0.05) is 29.2 Å². The highest BCUT2D eigenvalue weighted by Gasteiger charge is 2.32. The molecule has 0 spiro atoms. The quantitative estimate of drug-likeness (QED) is 0.799. The number of aromatic nitrogens is 1. The van der Waals surface area contributed by atoms with Crippen molar-refractivity contribution in [2.45, 2.75) is 31.8 Å². The predicted octanol–water partition coefficient (Wildman–Crippen LogP) is 2.35. The van der Waals surface area contributed by atoms with Crippen molar-refractivity contribution in [2.75, 3.05) is 20.2 Å². The lowest BCUT2D eigenvalue weighted by Crippen LogP contribution is -2.31. The molecule has 2 aromatic rings. The fourth-order valence-corrected chi connectivity index (χ4v) is 3.54. The molecule has 1 aromatic carbocycles. The first kappa shape index (κ1) is 17.3. The minimum Gasteiger partial charge on any atom is -0.497 e. The Bertz CT molecular complexity index is 792. The number of fused-ring (bicyclic) bond motifs is 1. The third kappa shape index (κ3) is 3.46. The zero-order chi connectivity index (χ0) is 18.0. The minimum atomic E-state index is -0.887. The van der Waals surface area contributed by atoms with Crippen LogP contribution < -0.4 is 4.74 Å². The van der Waals surface area contributed by atoms with E-state index in [2.05, 4.69) is 0 Å². The van der Waals surface area contributed by atoms with Gasteiger partial charge < -0.3 is 19.5 Å². The van der Waals surface area contributed by atoms with Crippen molar-refractivity contribution < 1.29 is 24.5 Å². The maximum absolute atomic E-state index is 12.0. The highest BCUT2D eigenvalue weighted by molar-refractivity contribution is 5.90. The first-order valence-corrected chi connectivity index (χ1v) is 8.36. The van der Waals surface area contributed by atoms with Crippen LogP contribution in [0.4, 0.5) is 0 Å². The average molecular weight is 346 g/mol. The molecule has 1 aromatic heterocycles. The number of carbonyl (C=O) groups is 2. The van der Waals surface area contributed by atoms with E-state index < -0.39 is 18.0 Å². The molecule has 25 heavy (non-hydrogen) atoms. The Labute approximate surface area is 145 Å². The van der Waals surface area contributed by atoms with Crippen LogP contribution in [0.2, 0.25) is 0 Å². The standard InChI is InChI=1S/C18H22N2O5/c1-25-12-4-5-15-13(10-12)14(11-20(15)9-6-16(21)22)17(18(23)24)19-7-2-3-8-19/h4-5,10-11,17H,2-3,6-9H2,1H3,(H,21,22)(H,23,24)/t17-/m0/s1. The van der Waals surface area contributed by atoms with Gasteiger partial charge in [-0.05, 0) is 44.1 Å².